The van der Waals surface area contributed by atoms with Crippen LogP contribution in [0.3, 0.4) is 0 Å². The van der Waals surface area contributed by atoms with Gasteiger partial charge < -0.3 is 10.4 Å². The van der Waals surface area contributed by atoms with Crippen molar-refractivity contribution in [1.82, 2.24) is 10.3 Å². The van der Waals surface area contributed by atoms with E-state index in [1.807, 2.05) is 0 Å². The summed E-state index contributed by atoms with van der Waals surface area (Å²) in [7, 11) is 0. The number of aromatic nitrogens is 1. The fourth-order valence-corrected chi connectivity index (χ4v) is 3.63. The number of carboxylic acids is 1. The van der Waals surface area contributed by atoms with E-state index in [0.29, 0.717) is 10.9 Å². The minimum Gasteiger partial charge on any atom is -0.478 e. The van der Waals surface area contributed by atoms with Gasteiger partial charge in [0, 0.05) is 11.3 Å². The average molecular weight is 308 g/mol. The number of aromatic carboxylic acids is 1. The predicted molar refractivity (Wildman–Crippen MR) is 83.0 cm³/mol. The lowest BCUT2D eigenvalue weighted by Crippen LogP contribution is -2.44. The Morgan fingerprint density at radius 3 is 2.67 bits per heavy atom. The van der Waals surface area contributed by atoms with Crippen LogP contribution < -0.4 is 5.32 Å². The van der Waals surface area contributed by atoms with Gasteiger partial charge in [0.05, 0.1) is 11.3 Å². The standard InChI is InChI=1S/C15H20N2O3S/c1-9-10(15(19)20)7-8-12(16-9)14(18)17-11-5-3-4-6-13(11)21-2/h7-8,11,13H,3-6H2,1-2H3,(H,17,18)(H,19,20). The van der Waals surface area contributed by atoms with E-state index < -0.39 is 5.97 Å². The Morgan fingerprint density at radius 2 is 2.05 bits per heavy atom. The number of nitrogens with zero attached hydrogens (tertiary/aromatic N) is 1. The molecule has 1 heterocycles. The molecule has 1 aliphatic carbocycles. The summed E-state index contributed by atoms with van der Waals surface area (Å²) >= 11 is 1.79. The highest BCUT2D eigenvalue weighted by molar-refractivity contribution is 7.99. The molecule has 21 heavy (non-hydrogen) atoms. The van der Waals surface area contributed by atoms with Crippen molar-refractivity contribution >= 4 is 23.6 Å². The lowest BCUT2D eigenvalue weighted by molar-refractivity contribution is 0.0694. The topological polar surface area (TPSA) is 79.3 Å². The summed E-state index contributed by atoms with van der Waals surface area (Å²) in [6, 6.07) is 3.08. The second-order valence-electron chi connectivity index (χ2n) is 5.27. The fraction of sp³-hybridized carbons (Fsp3) is 0.533. The summed E-state index contributed by atoms with van der Waals surface area (Å²) in [5.74, 6) is -1.25. The Labute approximate surface area is 128 Å². The van der Waals surface area contributed by atoms with Crippen LogP contribution in [0.2, 0.25) is 0 Å². The molecular weight excluding hydrogens is 288 g/mol. The Bertz CT molecular complexity index is 548. The summed E-state index contributed by atoms with van der Waals surface area (Å²) in [5.41, 5.74) is 0.773. The lowest BCUT2D eigenvalue weighted by atomic mass is 9.94. The predicted octanol–water partition coefficient (Wildman–Crippen LogP) is 2.49. The molecule has 0 bridgehead atoms. The van der Waals surface area contributed by atoms with Gasteiger partial charge in [0.15, 0.2) is 0 Å². The Balaban J connectivity index is 2.09. The molecule has 0 aromatic carbocycles. The maximum absolute atomic E-state index is 12.3. The first-order valence-corrected chi connectivity index (χ1v) is 8.36. The number of carboxylic acid groups (broad SMARTS) is 1. The molecule has 0 radical (unpaired) electrons. The summed E-state index contributed by atoms with van der Waals surface area (Å²) in [5, 5.41) is 12.5. The second-order valence-corrected chi connectivity index (χ2v) is 6.35. The molecule has 2 unspecified atom stereocenters. The van der Waals surface area contributed by atoms with Crippen molar-refractivity contribution in [2.24, 2.45) is 0 Å². The van der Waals surface area contributed by atoms with Gasteiger partial charge in [0.1, 0.15) is 5.69 Å². The van der Waals surface area contributed by atoms with E-state index in [1.165, 1.54) is 18.6 Å². The van der Waals surface area contributed by atoms with Gasteiger partial charge in [0.25, 0.3) is 5.91 Å². The SMILES string of the molecule is CSC1CCCCC1NC(=O)c1ccc(C(=O)O)c(C)n1. The Kier molecular flexibility index (Phi) is 5.22. The largest absolute Gasteiger partial charge is 0.478 e. The van der Waals surface area contributed by atoms with E-state index >= 15 is 0 Å². The number of aryl methyl sites for hydroxylation is 1. The second kappa shape index (κ2) is 6.93. The number of amides is 1. The molecule has 0 saturated heterocycles. The molecule has 1 aromatic rings. The van der Waals surface area contributed by atoms with E-state index in [0.717, 1.165) is 19.3 Å². The van der Waals surface area contributed by atoms with Crippen LogP contribution in [0, 0.1) is 6.92 Å². The van der Waals surface area contributed by atoms with E-state index in [1.54, 1.807) is 18.7 Å². The number of rotatable bonds is 4. The average Bonchev–Trinajstić information content (AvgIpc) is 2.47. The van der Waals surface area contributed by atoms with Crippen LogP contribution in [-0.4, -0.2) is 39.5 Å². The van der Waals surface area contributed by atoms with Crippen LogP contribution in [-0.2, 0) is 0 Å². The van der Waals surface area contributed by atoms with E-state index in [2.05, 4.69) is 16.6 Å². The van der Waals surface area contributed by atoms with Crippen LogP contribution >= 0.6 is 11.8 Å². The summed E-state index contributed by atoms with van der Waals surface area (Å²) in [6.07, 6.45) is 6.52. The van der Waals surface area contributed by atoms with Crippen molar-refractivity contribution in [1.29, 1.82) is 0 Å². The van der Waals surface area contributed by atoms with Crippen molar-refractivity contribution in [3.63, 3.8) is 0 Å². The number of hydrogen-bond donors (Lipinski definition) is 2. The molecule has 5 nitrogen and oxygen atoms in total. The number of nitrogens with one attached hydrogen (secondary N) is 1. The summed E-state index contributed by atoms with van der Waals surface area (Å²) in [4.78, 5) is 27.3. The molecule has 114 valence electrons. The van der Waals surface area contributed by atoms with Gasteiger partial charge >= 0.3 is 5.97 Å². The molecule has 1 fully saturated rings. The zero-order valence-corrected chi connectivity index (χ0v) is 13.1. The van der Waals surface area contributed by atoms with E-state index in [-0.39, 0.29) is 23.2 Å². The number of hydrogen-bond acceptors (Lipinski definition) is 4. The van der Waals surface area contributed by atoms with Crippen molar-refractivity contribution in [2.75, 3.05) is 6.26 Å². The van der Waals surface area contributed by atoms with Crippen molar-refractivity contribution in [3.8, 4) is 0 Å². The van der Waals surface area contributed by atoms with Gasteiger partial charge in [-0.15, -0.1) is 0 Å². The van der Waals surface area contributed by atoms with Crippen molar-refractivity contribution < 1.29 is 14.7 Å². The van der Waals surface area contributed by atoms with Gasteiger partial charge in [-0.25, -0.2) is 9.78 Å². The van der Waals surface area contributed by atoms with Crippen LogP contribution in [0.1, 0.15) is 52.2 Å². The molecule has 6 heteroatoms. The van der Waals surface area contributed by atoms with E-state index in [4.69, 9.17) is 5.11 Å². The highest BCUT2D eigenvalue weighted by Gasteiger charge is 2.26. The van der Waals surface area contributed by atoms with Crippen LogP contribution in [0.4, 0.5) is 0 Å². The van der Waals surface area contributed by atoms with Crippen molar-refractivity contribution in [3.05, 3.63) is 29.1 Å². The molecule has 1 aromatic heterocycles. The summed E-state index contributed by atoms with van der Waals surface area (Å²) < 4.78 is 0. The van der Waals surface area contributed by atoms with Crippen LogP contribution in [0.5, 0.6) is 0 Å². The first-order chi connectivity index (χ1) is 10.0. The zero-order chi connectivity index (χ0) is 15.4. The Morgan fingerprint density at radius 1 is 1.33 bits per heavy atom. The maximum Gasteiger partial charge on any atom is 0.337 e. The number of carbonyl (C=O) groups is 2. The highest BCUT2D eigenvalue weighted by Crippen LogP contribution is 2.27. The smallest absolute Gasteiger partial charge is 0.337 e. The first-order valence-electron chi connectivity index (χ1n) is 7.07. The van der Waals surface area contributed by atoms with Gasteiger partial charge in [0.2, 0.25) is 0 Å². The van der Waals surface area contributed by atoms with Gasteiger partial charge in [-0.1, -0.05) is 12.8 Å². The monoisotopic (exact) mass is 308 g/mol. The van der Waals surface area contributed by atoms with Gasteiger partial charge in [-0.05, 0) is 38.2 Å². The molecule has 2 atom stereocenters. The molecule has 1 amide bonds. The quantitative estimate of drug-likeness (QED) is 0.893. The molecule has 1 saturated carbocycles. The lowest BCUT2D eigenvalue weighted by Gasteiger charge is -2.30. The number of carbonyl (C=O) groups excluding carboxylic acids is 1. The fourth-order valence-electron chi connectivity index (χ4n) is 2.70. The minimum absolute atomic E-state index is 0.131. The van der Waals surface area contributed by atoms with Crippen molar-refractivity contribution in [2.45, 2.75) is 43.9 Å². The molecular formula is C15H20N2O3S. The molecule has 0 spiro atoms. The normalized spacial score (nSPS) is 21.8. The molecule has 2 rings (SSSR count). The first kappa shape index (κ1) is 15.8. The molecule has 1 aliphatic rings. The zero-order valence-electron chi connectivity index (χ0n) is 12.3. The van der Waals surface area contributed by atoms with Crippen LogP contribution in [0.15, 0.2) is 12.1 Å². The van der Waals surface area contributed by atoms with E-state index in [9.17, 15) is 9.59 Å². The maximum atomic E-state index is 12.3. The number of thioether (sulfide) groups is 1. The molecule has 0 aliphatic heterocycles. The number of pyridine rings is 1. The van der Waals surface area contributed by atoms with Gasteiger partial charge in [-0.3, -0.25) is 4.79 Å². The third kappa shape index (κ3) is 3.75. The third-order valence-corrected chi connectivity index (χ3v) is 5.04. The Hall–Kier alpha value is -1.56. The highest BCUT2D eigenvalue weighted by atomic mass is 32.2. The molecule has 2 N–H and O–H groups in total. The summed E-state index contributed by atoms with van der Waals surface area (Å²) in [6.45, 7) is 1.60. The van der Waals surface area contributed by atoms with Gasteiger partial charge in [-0.2, -0.15) is 11.8 Å². The minimum atomic E-state index is -1.03. The van der Waals surface area contributed by atoms with Crippen LogP contribution in [0.25, 0.3) is 0 Å². The third-order valence-electron chi connectivity index (χ3n) is 3.87.